The third kappa shape index (κ3) is 3.62. The first-order chi connectivity index (χ1) is 9.04. The van der Waals surface area contributed by atoms with Crippen molar-refractivity contribution in [3.05, 3.63) is 41.5 Å². The molecular formula is C13H17N5O. The fourth-order valence-corrected chi connectivity index (χ4v) is 1.74. The first kappa shape index (κ1) is 13.2. The molecule has 0 spiro atoms. The molecule has 19 heavy (non-hydrogen) atoms. The molecule has 0 aliphatic carbocycles. The lowest BCUT2D eigenvalue weighted by Gasteiger charge is -2.11. The van der Waals surface area contributed by atoms with Crippen LogP contribution < -0.4 is 5.32 Å². The number of benzene rings is 1. The lowest BCUT2D eigenvalue weighted by molar-refractivity contribution is 0.101. The highest BCUT2D eigenvalue weighted by Gasteiger charge is 2.11. The van der Waals surface area contributed by atoms with E-state index in [9.17, 15) is 4.79 Å². The smallest absolute Gasteiger partial charge is 0.295 e. The predicted molar refractivity (Wildman–Crippen MR) is 72.9 cm³/mol. The number of H-pyrrole nitrogens is 1. The minimum Gasteiger partial charge on any atom is -0.319 e. The van der Waals surface area contributed by atoms with E-state index in [2.05, 4.69) is 25.4 Å². The van der Waals surface area contributed by atoms with E-state index in [-0.39, 0.29) is 11.7 Å². The second-order valence-corrected chi connectivity index (χ2v) is 4.64. The summed E-state index contributed by atoms with van der Waals surface area (Å²) in [6.07, 6.45) is 0. The topological polar surface area (TPSA) is 73.9 Å². The van der Waals surface area contributed by atoms with Crippen molar-refractivity contribution in [3.63, 3.8) is 0 Å². The summed E-state index contributed by atoms with van der Waals surface area (Å²) in [7, 11) is 4.00. The van der Waals surface area contributed by atoms with Crippen molar-refractivity contribution in [2.45, 2.75) is 13.5 Å². The predicted octanol–water partition coefficient (Wildman–Crippen LogP) is 1.43. The molecule has 1 aromatic heterocycles. The number of aryl methyl sites for hydroxylation is 1. The zero-order valence-electron chi connectivity index (χ0n) is 11.3. The number of hydrogen-bond donors (Lipinski definition) is 2. The second-order valence-electron chi connectivity index (χ2n) is 4.64. The lowest BCUT2D eigenvalue weighted by Crippen LogP contribution is -2.15. The molecule has 0 aliphatic rings. The molecule has 0 fully saturated rings. The summed E-state index contributed by atoms with van der Waals surface area (Å²) in [6, 6.07) is 7.72. The van der Waals surface area contributed by atoms with Crippen LogP contribution in [0, 0.1) is 6.92 Å². The molecule has 2 rings (SSSR count). The third-order valence-corrected chi connectivity index (χ3v) is 2.48. The SMILES string of the molecule is Cc1nc(C(=O)Nc2cccc(CN(C)C)c2)n[nH]1. The molecule has 2 N–H and O–H groups in total. The van der Waals surface area contributed by atoms with Crippen molar-refractivity contribution in [1.82, 2.24) is 20.1 Å². The van der Waals surface area contributed by atoms with Gasteiger partial charge in [-0.3, -0.25) is 9.89 Å². The van der Waals surface area contributed by atoms with E-state index < -0.39 is 0 Å². The molecular weight excluding hydrogens is 242 g/mol. The first-order valence-electron chi connectivity index (χ1n) is 5.98. The fraction of sp³-hybridized carbons (Fsp3) is 0.308. The second kappa shape index (κ2) is 5.62. The van der Waals surface area contributed by atoms with E-state index in [1.54, 1.807) is 6.92 Å². The molecule has 0 aliphatic heterocycles. The van der Waals surface area contributed by atoms with Gasteiger partial charge in [0.2, 0.25) is 5.82 Å². The maximum absolute atomic E-state index is 11.9. The van der Waals surface area contributed by atoms with Gasteiger partial charge in [0.1, 0.15) is 5.82 Å². The van der Waals surface area contributed by atoms with Crippen LogP contribution in [0.1, 0.15) is 22.0 Å². The first-order valence-corrected chi connectivity index (χ1v) is 5.98. The summed E-state index contributed by atoms with van der Waals surface area (Å²) in [4.78, 5) is 18.0. The van der Waals surface area contributed by atoms with E-state index >= 15 is 0 Å². The fourth-order valence-electron chi connectivity index (χ4n) is 1.74. The number of aromatic nitrogens is 3. The van der Waals surface area contributed by atoms with E-state index in [1.807, 2.05) is 38.4 Å². The molecule has 1 amide bonds. The van der Waals surface area contributed by atoms with Gasteiger partial charge in [0.25, 0.3) is 5.91 Å². The monoisotopic (exact) mass is 259 g/mol. The molecule has 2 aromatic rings. The highest BCUT2D eigenvalue weighted by Crippen LogP contribution is 2.12. The van der Waals surface area contributed by atoms with E-state index in [0.29, 0.717) is 5.82 Å². The van der Waals surface area contributed by atoms with Crippen molar-refractivity contribution in [3.8, 4) is 0 Å². The number of carbonyl (C=O) groups excluding carboxylic acids is 1. The Bertz CT molecular complexity index is 576. The molecule has 0 radical (unpaired) electrons. The maximum Gasteiger partial charge on any atom is 0.295 e. The van der Waals surface area contributed by atoms with Crippen LogP contribution in [0.3, 0.4) is 0 Å². The Labute approximate surface area is 111 Å². The van der Waals surface area contributed by atoms with Crippen LogP contribution >= 0.6 is 0 Å². The highest BCUT2D eigenvalue weighted by molar-refractivity contribution is 6.01. The molecule has 0 saturated heterocycles. The third-order valence-electron chi connectivity index (χ3n) is 2.48. The minimum absolute atomic E-state index is 0.149. The molecule has 0 bridgehead atoms. The zero-order chi connectivity index (χ0) is 13.8. The number of amides is 1. The number of rotatable bonds is 4. The Morgan fingerprint density at radius 2 is 2.21 bits per heavy atom. The quantitative estimate of drug-likeness (QED) is 0.871. The molecule has 0 atom stereocenters. The van der Waals surface area contributed by atoms with Gasteiger partial charge in [0.15, 0.2) is 0 Å². The van der Waals surface area contributed by atoms with Crippen LogP contribution in [0.2, 0.25) is 0 Å². The Morgan fingerprint density at radius 1 is 1.42 bits per heavy atom. The molecule has 100 valence electrons. The maximum atomic E-state index is 11.9. The number of carbonyl (C=O) groups is 1. The summed E-state index contributed by atoms with van der Waals surface area (Å²) in [5, 5.41) is 9.25. The Hall–Kier alpha value is -2.21. The van der Waals surface area contributed by atoms with Gasteiger partial charge in [-0.25, -0.2) is 4.98 Å². The van der Waals surface area contributed by atoms with Gasteiger partial charge in [0.05, 0.1) is 0 Å². The Kier molecular flexibility index (Phi) is 3.91. The molecule has 6 nitrogen and oxygen atoms in total. The van der Waals surface area contributed by atoms with Crippen molar-refractivity contribution in [2.24, 2.45) is 0 Å². The lowest BCUT2D eigenvalue weighted by atomic mass is 10.2. The largest absolute Gasteiger partial charge is 0.319 e. The highest BCUT2D eigenvalue weighted by atomic mass is 16.2. The summed E-state index contributed by atoms with van der Waals surface area (Å²) >= 11 is 0. The molecule has 1 heterocycles. The van der Waals surface area contributed by atoms with E-state index in [4.69, 9.17) is 0 Å². The minimum atomic E-state index is -0.314. The van der Waals surface area contributed by atoms with E-state index in [1.165, 1.54) is 0 Å². The molecule has 0 unspecified atom stereocenters. The van der Waals surface area contributed by atoms with Gasteiger partial charge in [-0.1, -0.05) is 12.1 Å². The van der Waals surface area contributed by atoms with Gasteiger partial charge in [-0.15, -0.1) is 5.10 Å². The Balaban J connectivity index is 2.08. The zero-order valence-corrected chi connectivity index (χ0v) is 11.3. The van der Waals surface area contributed by atoms with Crippen LogP contribution in [0.15, 0.2) is 24.3 Å². The van der Waals surface area contributed by atoms with Gasteiger partial charge in [-0.05, 0) is 38.7 Å². The van der Waals surface area contributed by atoms with Crippen LogP contribution in [-0.4, -0.2) is 40.1 Å². The number of hydrogen-bond acceptors (Lipinski definition) is 4. The van der Waals surface area contributed by atoms with Gasteiger partial charge >= 0.3 is 0 Å². The van der Waals surface area contributed by atoms with Crippen molar-refractivity contribution >= 4 is 11.6 Å². The summed E-state index contributed by atoms with van der Waals surface area (Å²) < 4.78 is 0. The Morgan fingerprint density at radius 3 is 2.84 bits per heavy atom. The molecule has 0 saturated carbocycles. The van der Waals surface area contributed by atoms with Gasteiger partial charge in [-0.2, -0.15) is 0 Å². The molecule has 1 aromatic carbocycles. The average Bonchev–Trinajstić information content (AvgIpc) is 2.75. The average molecular weight is 259 g/mol. The van der Waals surface area contributed by atoms with Gasteiger partial charge < -0.3 is 10.2 Å². The summed E-state index contributed by atoms with van der Waals surface area (Å²) in [6.45, 7) is 2.57. The normalized spacial score (nSPS) is 10.7. The van der Waals surface area contributed by atoms with Crippen molar-refractivity contribution in [2.75, 3.05) is 19.4 Å². The number of aromatic amines is 1. The van der Waals surface area contributed by atoms with Crippen molar-refractivity contribution in [1.29, 1.82) is 0 Å². The van der Waals surface area contributed by atoms with Crippen LogP contribution in [0.5, 0.6) is 0 Å². The van der Waals surface area contributed by atoms with Gasteiger partial charge in [0, 0.05) is 12.2 Å². The van der Waals surface area contributed by atoms with E-state index in [0.717, 1.165) is 17.8 Å². The van der Waals surface area contributed by atoms with Crippen LogP contribution in [-0.2, 0) is 6.54 Å². The van der Waals surface area contributed by atoms with Crippen LogP contribution in [0.4, 0.5) is 5.69 Å². The van der Waals surface area contributed by atoms with Crippen molar-refractivity contribution < 1.29 is 4.79 Å². The summed E-state index contributed by atoms with van der Waals surface area (Å²) in [5.74, 6) is 0.452. The summed E-state index contributed by atoms with van der Waals surface area (Å²) in [5.41, 5.74) is 1.88. The number of nitrogens with one attached hydrogen (secondary N) is 2. The standard InChI is InChI=1S/C13H17N5O/c1-9-14-12(17-16-9)13(19)15-11-6-4-5-10(7-11)8-18(2)3/h4-7H,8H2,1-3H3,(H,15,19)(H,14,16,17). The molecule has 6 heteroatoms. The number of anilines is 1. The van der Waals surface area contributed by atoms with Crippen LogP contribution in [0.25, 0.3) is 0 Å². The number of nitrogens with zero attached hydrogens (tertiary/aromatic N) is 3.